The lowest BCUT2D eigenvalue weighted by molar-refractivity contribution is 0.113. The summed E-state index contributed by atoms with van der Waals surface area (Å²) in [7, 11) is 0. The molecule has 1 rings (SSSR count). The Morgan fingerprint density at radius 1 is 1.60 bits per heavy atom. The lowest BCUT2D eigenvalue weighted by atomic mass is 10.3. The highest BCUT2D eigenvalue weighted by molar-refractivity contribution is 7.98. The summed E-state index contributed by atoms with van der Waals surface area (Å²) in [6.07, 6.45) is 1.01. The monoisotopic (exact) mass is 229 g/mol. The van der Waals surface area contributed by atoms with Gasteiger partial charge in [-0.2, -0.15) is 11.8 Å². The molecule has 84 valence electrons. The molecule has 1 aromatic rings. The van der Waals surface area contributed by atoms with Crippen molar-refractivity contribution in [3.63, 3.8) is 0 Å². The molecule has 15 heavy (non-hydrogen) atoms. The first-order valence-electron chi connectivity index (χ1n) is 4.58. The van der Waals surface area contributed by atoms with E-state index in [1.807, 2.05) is 0 Å². The average molecular weight is 229 g/mol. The molecular formula is C9H15N3O2S. The largest absolute Gasteiger partial charge is 0.394 e. The number of rotatable bonds is 5. The lowest BCUT2D eigenvalue weighted by Gasteiger charge is -2.07. The first-order valence-corrected chi connectivity index (χ1v) is 5.73. The van der Waals surface area contributed by atoms with Crippen molar-refractivity contribution in [2.24, 2.45) is 0 Å². The number of nitrogens with two attached hydrogens (primary N) is 1. The van der Waals surface area contributed by atoms with Crippen LogP contribution in [0.4, 0.5) is 5.82 Å². The van der Waals surface area contributed by atoms with Crippen LogP contribution in [0.25, 0.3) is 0 Å². The number of aliphatic hydroxyl groups is 2. The molecule has 6 heteroatoms. The zero-order chi connectivity index (χ0) is 11.3. The third-order valence-electron chi connectivity index (χ3n) is 1.80. The summed E-state index contributed by atoms with van der Waals surface area (Å²) in [5, 5.41) is 17.7. The normalized spacial score (nSPS) is 12.7. The van der Waals surface area contributed by atoms with Gasteiger partial charge in [-0.05, 0) is 6.92 Å². The molecule has 5 nitrogen and oxygen atoms in total. The predicted molar refractivity (Wildman–Crippen MR) is 60.4 cm³/mol. The van der Waals surface area contributed by atoms with Crippen LogP contribution >= 0.6 is 11.8 Å². The van der Waals surface area contributed by atoms with E-state index in [4.69, 9.17) is 15.9 Å². The van der Waals surface area contributed by atoms with Crippen molar-refractivity contribution in [3.8, 4) is 0 Å². The van der Waals surface area contributed by atoms with Crippen LogP contribution in [0.1, 0.15) is 11.4 Å². The van der Waals surface area contributed by atoms with Gasteiger partial charge in [0.05, 0.1) is 12.7 Å². The van der Waals surface area contributed by atoms with Crippen molar-refractivity contribution in [3.05, 3.63) is 17.6 Å². The highest BCUT2D eigenvalue weighted by Crippen LogP contribution is 2.16. The molecule has 4 N–H and O–H groups in total. The van der Waals surface area contributed by atoms with Crippen LogP contribution in [-0.4, -0.2) is 38.6 Å². The van der Waals surface area contributed by atoms with E-state index in [0.29, 0.717) is 23.1 Å². The van der Waals surface area contributed by atoms with E-state index < -0.39 is 6.10 Å². The van der Waals surface area contributed by atoms with Crippen molar-refractivity contribution >= 4 is 17.6 Å². The summed E-state index contributed by atoms with van der Waals surface area (Å²) in [5.41, 5.74) is 6.55. The standard InChI is InChI=1S/C9H15N3O2S/c1-6-11-2-7(9(10)12-6)4-15-5-8(14)3-13/h2,8,13-14H,3-5H2,1H3,(H2,10,11,12). The van der Waals surface area contributed by atoms with Gasteiger partial charge >= 0.3 is 0 Å². The Morgan fingerprint density at radius 3 is 2.93 bits per heavy atom. The summed E-state index contributed by atoms with van der Waals surface area (Å²) in [6, 6.07) is 0. The van der Waals surface area contributed by atoms with Crippen molar-refractivity contribution in [1.82, 2.24) is 9.97 Å². The highest BCUT2D eigenvalue weighted by atomic mass is 32.2. The molecule has 0 aromatic carbocycles. The number of aliphatic hydroxyl groups excluding tert-OH is 2. The second-order valence-corrected chi connectivity index (χ2v) is 4.21. The Balaban J connectivity index is 2.44. The van der Waals surface area contributed by atoms with Gasteiger partial charge in [0.1, 0.15) is 11.6 Å². The molecule has 0 saturated heterocycles. The first-order chi connectivity index (χ1) is 7.13. The molecule has 1 aromatic heterocycles. The summed E-state index contributed by atoms with van der Waals surface area (Å²) in [5.74, 6) is 2.25. The summed E-state index contributed by atoms with van der Waals surface area (Å²) < 4.78 is 0. The molecule has 0 bridgehead atoms. The third kappa shape index (κ3) is 4.03. The topological polar surface area (TPSA) is 92.3 Å². The fourth-order valence-corrected chi connectivity index (χ4v) is 1.92. The number of nitrogen functional groups attached to an aromatic ring is 1. The van der Waals surface area contributed by atoms with E-state index in [-0.39, 0.29) is 6.61 Å². The maximum absolute atomic E-state index is 9.12. The quantitative estimate of drug-likeness (QED) is 0.656. The summed E-state index contributed by atoms with van der Waals surface area (Å²) in [6.45, 7) is 1.57. The van der Waals surface area contributed by atoms with Crippen molar-refractivity contribution in [2.75, 3.05) is 18.1 Å². The number of thioether (sulfide) groups is 1. The molecule has 1 atom stereocenters. The van der Waals surface area contributed by atoms with Gasteiger partial charge in [-0.15, -0.1) is 0 Å². The van der Waals surface area contributed by atoms with E-state index in [0.717, 1.165) is 5.56 Å². The molecule has 0 aliphatic rings. The Hall–Kier alpha value is -0.850. The third-order valence-corrected chi connectivity index (χ3v) is 2.93. The zero-order valence-electron chi connectivity index (χ0n) is 8.55. The summed E-state index contributed by atoms with van der Waals surface area (Å²) >= 11 is 1.49. The van der Waals surface area contributed by atoms with Gasteiger partial charge in [-0.25, -0.2) is 9.97 Å². The molecule has 0 radical (unpaired) electrons. The van der Waals surface area contributed by atoms with Crippen LogP contribution in [0.3, 0.4) is 0 Å². The van der Waals surface area contributed by atoms with Gasteiger partial charge in [-0.3, -0.25) is 0 Å². The van der Waals surface area contributed by atoms with Crippen LogP contribution in [0, 0.1) is 6.92 Å². The van der Waals surface area contributed by atoms with Crippen LogP contribution in [0.15, 0.2) is 6.20 Å². The van der Waals surface area contributed by atoms with Crippen LogP contribution in [0.5, 0.6) is 0 Å². The molecule has 0 amide bonds. The molecular weight excluding hydrogens is 214 g/mol. The van der Waals surface area contributed by atoms with Crippen LogP contribution in [0.2, 0.25) is 0 Å². The van der Waals surface area contributed by atoms with E-state index in [2.05, 4.69) is 9.97 Å². The van der Waals surface area contributed by atoms with Gasteiger partial charge in [0.25, 0.3) is 0 Å². The Bertz CT molecular complexity index is 322. The van der Waals surface area contributed by atoms with E-state index in [9.17, 15) is 0 Å². The van der Waals surface area contributed by atoms with E-state index in [1.165, 1.54) is 11.8 Å². The molecule has 0 spiro atoms. The number of aromatic nitrogens is 2. The van der Waals surface area contributed by atoms with E-state index >= 15 is 0 Å². The first kappa shape index (κ1) is 12.2. The van der Waals surface area contributed by atoms with Gasteiger partial charge < -0.3 is 15.9 Å². The van der Waals surface area contributed by atoms with Crippen LogP contribution < -0.4 is 5.73 Å². The molecule has 0 aliphatic carbocycles. The van der Waals surface area contributed by atoms with Gasteiger partial charge in [0.2, 0.25) is 0 Å². The van der Waals surface area contributed by atoms with Gasteiger partial charge in [0.15, 0.2) is 0 Å². The Morgan fingerprint density at radius 2 is 2.33 bits per heavy atom. The predicted octanol–water partition coefficient (Wildman–Crippen LogP) is -0.0464. The van der Waals surface area contributed by atoms with Crippen molar-refractivity contribution < 1.29 is 10.2 Å². The lowest BCUT2D eigenvalue weighted by Crippen LogP contribution is -2.14. The smallest absolute Gasteiger partial charge is 0.131 e. The Kier molecular flexibility index (Phi) is 4.80. The van der Waals surface area contributed by atoms with Crippen LogP contribution in [-0.2, 0) is 5.75 Å². The summed E-state index contributed by atoms with van der Waals surface area (Å²) in [4.78, 5) is 8.07. The second kappa shape index (κ2) is 5.89. The molecule has 0 saturated carbocycles. The fourth-order valence-electron chi connectivity index (χ4n) is 0.981. The maximum Gasteiger partial charge on any atom is 0.131 e. The van der Waals surface area contributed by atoms with Gasteiger partial charge in [-0.1, -0.05) is 0 Å². The number of hydrogen-bond acceptors (Lipinski definition) is 6. The second-order valence-electron chi connectivity index (χ2n) is 3.18. The highest BCUT2D eigenvalue weighted by Gasteiger charge is 2.05. The maximum atomic E-state index is 9.12. The van der Waals surface area contributed by atoms with Crippen molar-refractivity contribution in [2.45, 2.75) is 18.8 Å². The zero-order valence-corrected chi connectivity index (χ0v) is 9.37. The number of anilines is 1. The van der Waals surface area contributed by atoms with E-state index in [1.54, 1.807) is 13.1 Å². The minimum Gasteiger partial charge on any atom is -0.394 e. The average Bonchev–Trinajstić information content (AvgIpc) is 2.21. The minimum absolute atomic E-state index is 0.215. The molecule has 1 heterocycles. The van der Waals surface area contributed by atoms with Crippen molar-refractivity contribution in [1.29, 1.82) is 0 Å². The Labute approximate surface area is 92.7 Å². The SMILES string of the molecule is Cc1ncc(CSCC(O)CO)c(N)n1. The number of aryl methyl sites for hydroxylation is 1. The fraction of sp³-hybridized carbons (Fsp3) is 0.556. The molecule has 0 aliphatic heterocycles. The molecule has 1 unspecified atom stereocenters. The number of nitrogens with zero attached hydrogens (tertiary/aromatic N) is 2. The van der Waals surface area contributed by atoms with Gasteiger partial charge in [0, 0.05) is 23.3 Å². The number of hydrogen-bond donors (Lipinski definition) is 3. The molecule has 0 fully saturated rings. The minimum atomic E-state index is -0.678.